The maximum atomic E-state index is 12.8. The Morgan fingerprint density at radius 2 is 1.77 bits per heavy atom. The van der Waals surface area contributed by atoms with Crippen molar-refractivity contribution in [3.8, 4) is 5.75 Å². The average Bonchev–Trinajstić information content (AvgIpc) is 3.17. The summed E-state index contributed by atoms with van der Waals surface area (Å²) in [6.45, 7) is -0.0215. The molecule has 0 saturated carbocycles. The summed E-state index contributed by atoms with van der Waals surface area (Å²) >= 11 is 0. The van der Waals surface area contributed by atoms with Crippen molar-refractivity contribution < 1.29 is 14.3 Å². The van der Waals surface area contributed by atoms with Gasteiger partial charge in [-0.2, -0.15) is 0 Å². The van der Waals surface area contributed by atoms with Gasteiger partial charge in [0.25, 0.3) is 5.91 Å². The van der Waals surface area contributed by atoms with Gasteiger partial charge in [0.1, 0.15) is 17.8 Å². The van der Waals surface area contributed by atoms with E-state index in [1.54, 1.807) is 55.6 Å². The highest BCUT2D eigenvalue weighted by Crippen LogP contribution is 2.20. The van der Waals surface area contributed by atoms with Crippen LogP contribution in [-0.2, 0) is 11.3 Å². The lowest BCUT2D eigenvalue weighted by atomic mass is 10.1. The first-order valence-corrected chi connectivity index (χ1v) is 9.26. The largest absolute Gasteiger partial charge is 0.497 e. The molecule has 4 aromatic rings. The Morgan fingerprint density at radius 3 is 2.63 bits per heavy atom. The molecule has 0 fully saturated rings. The first-order valence-electron chi connectivity index (χ1n) is 9.26. The van der Waals surface area contributed by atoms with Crippen molar-refractivity contribution in [2.75, 3.05) is 17.7 Å². The van der Waals surface area contributed by atoms with Crippen molar-refractivity contribution in [3.63, 3.8) is 0 Å². The summed E-state index contributed by atoms with van der Waals surface area (Å²) < 4.78 is 6.69. The molecule has 1 aromatic heterocycles. The zero-order valence-corrected chi connectivity index (χ0v) is 16.2. The average molecular weight is 401 g/mol. The normalized spacial score (nSPS) is 10.6. The molecule has 0 aliphatic heterocycles. The van der Waals surface area contributed by atoms with Gasteiger partial charge >= 0.3 is 0 Å². The number of anilines is 2. The van der Waals surface area contributed by atoms with E-state index in [9.17, 15) is 9.59 Å². The number of aromatic nitrogens is 3. The van der Waals surface area contributed by atoms with Crippen molar-refractivity contribution in [1.82, 2.24) is 15.0 Å². The van der Waals surface area contributed by atoms with Gasteiger partial charge in [-0.3, -0.25) is 9.59 Å². The molecule has 3 aromatic carbocycles. The van der Waals surface area contributed by atoms with Crippen LogP contribution in [0.2, 0.25) is 0 Å². The molecule has 150 valence electrons. The van der Waals surface area contributed by atoms with E-state index in [0.29, 0.717) is 28.2 Å². The topological polar surface area (TPSA) is 98.1 Å². The van der Waals surface area contributed by atoms with Crippen molar-refractivity contribution in [3.05, 3.63) is 78.4 Å². The van der Waals surface area contributed by atoms with Gasteiger partial charge in [0.05, 0.1) is 23.9 Å². The lowest BCUT2D eigenvalue weighted by Gasteiger charge is -2.12. The molecule has 4 rings (SSSR count). The third kappa shape index (κ3) is 4.12. The van der Waals surface area contributed by atoms with Gasteiger partial charge in [-0.25, -0.2) is 4.68 Å². The van der Waals surface area contributed by atoms with E-state index in [4.69, 9.17) is 4.74 Å². The summed E-state index contributed by atoms with van der Waals surface area (Å²) in [4.78, 5) is 25.4. The van der Waals surface area contributed by atoms with Crippen molar-refractivity contribution in [2.24, 2.45) is 0 Å². The van der Waals surface area contributed by atoms with Crippen LogP contribution in [0.25, 0.3) is 11.0 Å². The molecule has 30 heavy (non-hydrogen) atoms. The molecule has 0 bridgehead atoms. The monoisotopic (exact) mass is 401 g/mol. The number of ether oxygens (including phenoxy) is 1. The van der Waals surface area contributed by atoms with Crippen LogP contribution in [0.1, 0.15) is 10.4 Å². The zero-order valence-electron chi connectivity index (χ0n) is 16.2. The fraction of sp³-hybridized carbons (Fsp3) is 0.0909. The summed E-state index contributed by atoms with van der Waals surface area (Å²) in [5, 5.41) is 13.7. The van der Waals surface area contributed by atoms with Gasteiger partial charge in [-0.05, 0) is 36.4 Å². The van der Waals surface area contributed by atoms with E-state index in [1.807, 2.05) is 24.3 Å². The summed E-state index contributed by atoms with van der Waals surface area (Å²) in [5.41, 5.74) is 2.82. The molecule has 0 unspecified atom stereocenters. The molecule has 8 nitrogen and oxygen atoms in total. The summed E-state index contributed by atoms with van der Waals surface area (Å²) in [6, 6.07) is 21.3. The van der Waals surface area contributed by atoms with Crippen LogP contribution in [0.3, 0.4) is 0 Å². The van der Waals surface area contributed by atoms with Crippen LogP contribution in [0.5, 0.6) is 5.75 Å². The number of hydrogen-bond donors (Lipinski definition) is 2. The minimum Gasteiger partial charge on any atom is -0.497 e. The molecule has 0 spiro atoms. The number of para-hydroxylation sites is 2. The second-order valence-electron chi connectivity index (χ2n) is 6.52. The molecule has 0 aliphatic rings. The van der Waals surface area contributed by atoms with E-state index >= 15 is 0 Å². The van der Waals surface area contributed by atoms with Crippen molar-refractivity contribution in [1.29, 1.82) is 0 Å². The van der Waals surface area contributed by atoms with Crippen LogP contribution in [0.4, 0.5) is 11.4 Å². The standard InChI is InChI=1S/C22H19N5O3/c1-30-16-8-6-7-15(13-16)23-22(29)17-9-2-3-10-18(17)24-21(28)14-27-20-12-5-4-11-19(20)25-26-27/h2-13H,14H2,1H3,(H,23,29)(H,24,28). The number of hydrogen-bond acceptors (Lipinski definition) is 5. The Labute approximate surface area is 172 Å². The maximum Gasteiger partial charge on any atom is 0.257 e. The molecule has 2 N–H and O–H groups in total. The lowest BCUT2D eigenvalue weighted by molar-refractivity contribution is -0.116. The number of nitrogens with zero attached hydrogens (tertiary/aromatic N) is 3. The van der Waals surface area contributed by atoms with Crippen LogP contribution >= 0.6 is 0 Å². The maximum absolute atomic E-state index is 12.8. The number of amides is 2. The van der Waals surface area contributed by atoms with Gasteiger partial charge < -0.3 is 15.4 Å². The molecule has 0 saturated heterocycles. The van der Waals surface area contributed by atoms with Crippen LogP contribution in [-0.4, -0.2) is 33.9 Å². The first kappa shape index (κ1) is 19.1. The van der Waals surface area contributed by atoms with Gasteiger partial charge in [0.15, 0.2) is 0 Å². The highest BCUT2D eigenvalue weighted by Gasteiger charge is 2.15. The van der Waals surface area contributed by atoms with Gasteiger partial charge in [0.2, 0.25) is 5.91 Å². The second-order valence-corrected chi connectivity index (χ2v) is 6.52. The smallest absolute Gasteiger partial charge is 0.257 e. The van der Waals surface area contributed by atoms with Crippen molar-refractivity contribution in [2.45, 2.75) is 6.54 Å². The van der Waals surface area contributed by atoms with Crippen molar-refractivity contribution >= 4 is 34.2 Å². The quantitative estimate of drug-likeness (QED) is 0.516. The third-order valence-electron chi connectivity index (χ3n) is 4.49. The summed E-state index contributed by atoms with van der Waals surface area (Å²) in [7, 11) is 1.56. The minimum absolute atomic E-state index is 0.0215. The number of rotatable bonds is 6. The molecular weight excluding hydrogens is 382 g/mol. The molecule has 0 radical (unpaired) electrons. The molecule has 1 heterocycles. The summed E-state index contributed by atoms with van der Waals surface area (Å²) in [5.74, 6) is -0.0212. The molecule has 0 aliphatic carbocycles. The number of benzene rings is 3. The minimum atomic E-state index is -0.342. The highest BCUT2D eigenvalue weighted by molar-refractivity contribution is 6.10. The Balaban J connectivity index is 1.49. The number of nitrogens with one attached hydrogen (secondary N) is 2. The zero-order chi connectivity index (χ0) is 20.9. The predicted octanol–water partition coefficient (Wildman–Crippen LogP) is 3.33. The number of fused-ring (bicyclic) bond motifs is 1. The van der Waals surface area contributed by atoms with Gasteiger partial charge in [-0.1, -0.05) is 35.5 Å². The van der Waals surface area contributed by atoms with E-state index < -0.39 is 0 Å². The second kappa shape index (κ2) is 8.44. The number of carbonyl (C=O) groups excluding carboxylic acids is 2. The number of methoxy groups -OCH3 is 1. The molecular formula is C22H19N5O3. The van der Waals surface area contributed by atoms with E-state index in [-0.39, 0.29) is 18.4 Å². The fourth-order valence-corrected chi connectivity index (χ4v) is 3.05. The SMILES string of the molecule is COc1cccc(NC(=O)c2ccccc2NC(=O)Cn2nnc3ccccc32)c1. The Bertz CT molecular complexity index is 1220. The van der Waals surface area contributed by atoms with Crippen LogP contribution in [0, 0.1) is 0 Å². The number of carbonyl (C=O) groups is 2. The first-order chi connectivity index (χ1) is 14.6. The molecule has 8 heteroatoms. The lowest BCUT2D eigenvalue weighted by Crippen LogP contribution is -2.22. The Hall–Kier alpha value is -4.20. The Morgan fingerprint density at radius 1 is 0.967 bits per heavy atom. The summed E-state index contributed by atoms with van der Waals surface area (Å²) in [6.07, 6.45) is 0. The highest BCUT2D eigenvalue weighted by atomic mass is 16.5. The molecule has 2 amide bonds. The van der Waals surface area contributed by atoms with E-state index in [1.165, 1.54) is 4.68 Å². The third-order valence-corrected chi connectivity index (χ3v) is 4.49. The Kier molecular flexibility index (Phi) is 5.38. The van der Waals surface area contributed by atoms with E-state index in [0.717, 1.165) is 5.52 Å². The predicted molar refractivity (Wildman–Crippen MR) is 114 cm³/mol. The van der Waals surface area contributed by atoms with Gasteiger partial charge in [0, 0.05) is 11.8 Å². The van der Waals surface area contributed by atoms with Crippen LogP contribution < -0.4 is 15.4 Å². The van der Waals surface area contributed by atoms with Gasteiger partial charge in [-0.15, -0.1) is 5.10 Å². The molecule has 0 atom stereocenters. The van der Waals surface area contributed by atoms with Crippen LogP contribution in [0.15, 0.2) is 72.8 Å². The van der Waals surface area contributed by atoms with E-state index in [2.05, 4.69) is 20.9 Å². The fourth-order valence-electron chi connectivity index (χ4n) is 3.05.